The molecule has 1 aliphatic rings. The van der Waals surface area contributed by atoms with E-state index < -0.39 is 0 Å². The van der Waals surface area contributed by atoms with Crippen molar-refractivity contribution in [3.05, 3.63) is 47.8 Å². The Kier molecular flexibility index (Phi) is 4.80. The summed E-state index contributed by atoms with van der Waals surface area (Å²) in [5, 5.41) is 0. The maximum Gasteiger partial charge on any atom is 0.159 e. The number of aryl methyl sites for hydroxylation is 1. The van der Waals surface area contributed by atoms with E-state index in [4.69, 9.17) is 5.73 Å². The second-order valence-electron chi connectivity index (χ2n) is 6.20. The molecule has 2 N–H and O–H groups in total. The Bertz CT molecular complexity index is 609. The Morgan fingerprint density at radius 2 is 1.91 bits per heavy atom. The van der Waals surface area contributed by atoms with Gasteiger partial charge in [0.15, 0.2) is 5.82 Å². The van der Waals surface area contributed by atoms with E-state index in [1.54, 1.807) is 0 Å². The standard InChI is InChI=1S/C18H24N4/c1-14-5-2-3-7-17(14)18-20-11-15(12-21-18)13-22-9-4-6-16(19)8-10-22/h2-3,5,7,11-12,16H,4,6,8-10,13,19H2,1H3/t16-/m1/s1. The zero-order chi connectivity index (χ0) is 15.4. The fraction of sp³-hybridized carbons (Fsp3) is 0.444. The van der Waals surface area contributed by atoms with Gasteiger partial charge >= 0.3 is 0 Å². The lowest BCUT2D eigenvalue weighted by atomic mass is 10.1. The average molecular weight is 296 g/mol. The van der Waals surface area contributed by atoms with Crippen molar-refractivity contribution in [2.24, 2.45) is 5.73 Å². The van der Waals surface area contributed by atoms with Crippen molar-refractivity contribution < 1.29 is 0 Å². The quantitative estimate of drug-likeness (QED) is 0.946. The monoisotopic (exact) mass is 296 g/mol. The zero-order valence-electron chi connectivity index (χ0n) is 13.2. The van der Waals surface area contributed by atoms with Gasteiger partial charge in [-0.05, 0) is 44.8 Å². The van der Waals surface area contributed by atoms with Gasteiger partial charge in [-0.15, -0.1) is 0 Å². The summed E-state index contributed by atoms with van der Waals surface area (Å²) in [7, 11) is 0. The van der Waals surface area contributed by atoms with Crippen LogP contribution < -0.4 is 5.73 Å². The van der Waals surface area contributed by atoms with Crippen molar-refractivity contribution in [3.63, 3.8) is 0 Å². The van der Waals surface area contributed by atoms with Gasteiger partial charge in [0.05, 0.1) is 0 Å². The summed E-state index contributed by atoms with van der Waals surface area (Å²) >= 11 is 0. The third-order valence-corrected chi connectivity index (χ3v) is 4.36. The van der Waals surface area contributed by atoms with Gasteiger partial charge in [0.1, 0.15) is 0 Å². The van der Waals surface area contributed by atoms with Crippen LogP contribution in [0.5, 0.6) is 0 Å². The average Bonchev–Trinajstić information content (AvgIpc) is 2.73. The lowest BCUT2D eigenvalue weighted by Crippen LogP contribution is -2.26. The third-order valence-electron chi connectivity index (χ3n) is 4.36. The molecule has 0 aliphatic carbocycles. The molecule has 0 spiro atoms. The number of aromatic nitrogens is 2. The van der Waals surface area contributed by atoms with E-state index in [1.165, 1.54) is 17.5 Å². The maximum atomic E-state index is 6.04. The van der Waals surface area contributed by atoms with Crippen molar-refractivity contribution in [1.29, 1.82) is 0 Å². The second-order valence-corrected chi connectivity index (χ2v) is 6.20. The number of hydrogen-bond donors (Lipinski definition) is 1. The molecular formula is C18H24N4. The number of benzene rings is 1. The van der Waals surface area contributed by atoms with Gasteiger partial charge in [-0.25, -0.2) is 9.97 Å². The summed E-state index contributed by atoms with van der Waals surface area (Å²) in [5.41, 5.74) is 9.52. The van der Waals surface area contributed by atoms with Crippen LogP contribution in [-0.2, 0) is 6.54 Å². The molecule has 116 valence electrons. The maximum absolute atomic E-state index is 6.04. The lowest BCUT2D eigenvalue weighted by Gasteiger charge is -2.19. The van der Waals surface area contributed by atoms with Gasteiger partial charge < -0.3 is 5.73 Å². The molecule has 3 rings (SSSR count). The van der Waals surface area contributed by atoms with Gasteiger partial charge in [-0.3, -0.25) is 4.90 Å². The van der Waals surface area contributed by atoms with Gasteiger partial charge in [-0.1, -0.05) is 24.3 Å². The van der Waals surface area contributed by atoms with Crippen molar-refractivity contribution in [1.82, 2.24) is 14.9 Å². The van der Waals surface area contributed by atoms with Gasteiger partial charge in [0, 0.05) is 36.1 Å². The molecule has 1 aromatic heterocycles. The summed E-state index contributed by atoms with van der Waals surface area (Å²) in [6.45, 7) is 5.20. The Morgan fingerprint density at radius 1 is 1.14 bits per heavy atom. The molecule has 1 aliphatic heterocycles. The molecule has 1 aromatic carbocycles. The molecule has 0 unspecified atom stereocenters. The molecule has 1 atom stereocenters. The second kappa shape index (κ2) is 6.99. The first-order valence-corrected chi connectivity index (χ1v) is 8.07. The van der Waals surface area contributed by atoms with E-state index in [0.717, 1.165) is 43.9 Å². The van der Waals surface area contributed by atoms with Gasteiger partial charge in [0.25, 0.3) is 0 Å². The predicted octanol–water partition coefficient (Wildman–Crippen LogP) is 2.77. The van der Waals surface area contributed by atoms with Gasteiger partial charge in [0.2, 0.25) is 0 Å². The molecule has 0 saturated carbocycles. The van der Waals surface area contributed by atoms with Crippen LogP contribution in [0.1, 0.15) is 30.4 Å². The molecule has 0 bridgehead atoms. The molecule has 4 nitrogen and oxygen atoms in total. The Morgan fingerprint density at radius 3 is 2.68 bits per heavy atom. The van der Waals surface area contributed by atoms with E-state index in [0.29, 0.717) is 6.04 Å². The normalized spacial score (nSPS) is 19.8. The van der Waals surface area contributed by atoms with Gasteiger partial charge in [-0.2, -0.15) is 0 Å². The van der Waals surface area contributed by atoms with Crippen LogP contribution in [0.4, 0.5) is 0 Å². The van der Waals surface area contributed by atoms with E-state index in [1.807, 2.05) is 24.5 Å². The van der Waals surface area contributed by atoms with Crippen molar-refractivity contribution >= 4 is 0 Å². The fourth-order valence-electron chi connectivity index (χ4n) is 3.00. The molecule has 0 radical (unpaired) electrons. The van der Waals surface area contributed by atoms with Crippen molar-refractivity contribution in [3.8, 4) is 11.4 Å². The molecule has 22 heavy (non-hydrogen) atoms. The Balaban J connectivity index is 1.68. The topological polar surface area (TPSA) is 55.0 Å². The number of nitrogens with two attached hydrogens (primary N) is 1. The molecule has 2 heterocycles. The molecule has 0 amide bonds. The molecule has 4 heteroatoms. The minimum absolute atomic E-state index is 0.365. The highest BCUT2D eigenvalue weighted by Gasteiger charge is 2.14. The molecule has 2 aromatic rings. The number of hydrogen-bond acceptors (Lipinski definition) is 4. The molecule has 1 saturated heterocycles. The fourth-order valence-corrected chi connectivity index (χ4v) is 3.00. The highest BCUT2D eigenvalue weighted by Crippen LogP contribution is 2.19. The SMILES string of the molecule is Cc1ccccc1-c1ncc(CN2CCC[C@@H](N)CC2)cn1. The van der Waals surface area contributed by atoms with E-state index >= 15 is 0 Å². The van der Waals surface area contributed by atoms with Crippen LogP contribution in [0.15, 0.2) is 36.7 Å². The highest BCUT2D eigenvalue weighted by atomic mass is 15.1. The van der Waals surface area contributed by atoms with E-state index in [2.05, 4.69) is 33.9 Å². The first kappa shape index (κ1) is 15.1. The van der Waals surface area contributed by atoms with Crippen LogP contribution in [0.25, 0.3) is 11.4 Å². The van der Waals surface area contributed by atoms with E-state index in [-0.39, 0.29) is 0 Å². The Labute approximate surface area is 132 Å². The number of rotatable bonds is 3. The number of nitrogens with zero attached hydrogens (tertiary/aromatic N) is 3. The minimum atomic E-state index is 0.365. The van der Waals surface area contributed by atoms with Crippen LogP contribution in [0, 0.1) is 6.92 Å². The summed E-state index contributed by atoms with van der Waals surface area (Å²) in [6, 6.07) is 8.59. The van der Waals surface area contributed by atoms with Crippen LogP contribution in [0.2, 0.25) is 0 Å². The lowest BCUT2D eigenvalue weighted by molar-refractivity contribution is 0.275. The molecule has 1 fully saturated rings. The first-order valence-electron chi connectivity index (χ1n) is 8.07. The summed E-state index contributed by atoms with van der Waals surface area (Å²) < 4.78 is 0. The minimum Gasteiger partial charge on any atom is -0.328 e. The van der Waals surface area contributed by atoms with Crippen molar-refractivity contribution in [2.75, 3.05) is 13.1 Å². The third kappa shape index (κ3) is 3.70. The highest BCUT2D eigenvalue weighted by molar-refractivity contribution is 5.59. The first-order chi connectivity index (χ1) is 10.7. The van der Waals surface area contributed by atoms with Crippen LogP contribution in [0.3, 0.4) is 0 Å². The summed E-state index contributed by atoms with van der Waals surface area (Å²) in [4.78, 5) is 11.6. The largest absolute Gasteiger partial charge is 0.328 e. The van der Waals surface area contributed by atoms with Crippen LogP contribution in [-0.4, -0.2) is 34.0 Å². The van der Waals surface area contributed by atoms with Crippen LogP contribution >= 0.6 is 0 Å². The Hall–Kier alpha value is -1.78. The molecular weight excluding hydrogens is 272 g/mol. The predicted molar refractivity (Wildman–Crippen MR) is 89.3 cm³/mol. The summed E-state index contributed by atoms with van der Waals surface area (Å²) in [5.74, 6) is 0.805. The van der Waals surface area contributed by atoms with Crippen molar-refractivity contribution in [2.45, 2.75) is 38.8 Å². The smallest absolute Gasteiger partial charge is 0.159 e. The number of likely N-dealkylation sites (tertiary alicyclic amines) is 1. The summed E-state index contributed by atoms with van der Waals surface area (Å²) in [6.07, 6.45) is 7.32. The van der Waals surface area contributed by atoms with E-state index in [9.17, 15) is 0 Å². The zero-order valence-corrected chi connectivity index (χ0v) is 13.2.